The molecule has 1 rings (SSSR count). The molecule has 1 unspecified atom stereocenters. The fraction of sp³-hybridized carbons (Fsp3) is 1.00. The molecule has 0 aromatic rings. The van der Waals surface area contributed by atoms with E-state index in [1.165, 1.54) is 0 Å². The van der Waals surface area contributed by atoms with E-state index in [4.69, 9.17) is 10.2 Å². The van der Waals surface area contributed by atoms with Crippen molar-refractivity contribution in [3.63, 3.8) is 0 Å². The van der Waals surface area contributed by atoms with E-state index in [1.54, 1.807) is 6.92 Å². The van der Waals surface area contributed by atoms with Crippen LogP contribution in [0.3, 0.4) is 0 Å². The second kappa shape index (κ2) is 3.49. The molecule has 0 amide bonds. The third-order valence-corrected chi connectivity index (χ3v) is 2.04. The van der Waals surface area contributed by atoms with E-state index in [-0.39, 0.29) is 6.04 Å². The van der Waals surface area contributed by atoms with Crippen LogP contribution in [0.25, 0.3) is 0 Å². The van der Waals surface area contributed by atoms with E-state index in [1.807, 2.05) is 0 Å². The second-order valence-electron chi connectivity index (χ2n) is 3.13. The van der Waals surface area contributed by atoms with Crippen LogP contribution in [0, 0.1) is 0 Å². The standard InChI is InChI=1S/C7H15NO3/c1-4(9)7-6(11)2-5(10)3-8-7/h4-11H,2-3H2,1H3/t4-,5+,6-,7?/m0/s1. The highest BCUT2D eigenvalue weighted by molar-refractivity contribution is 4.87. The SMILES string of the molecule is C[C@H](O)C1NC[C@H](O)C[C@@H]1O. The summed E-state index contributed by atoms with van der Waals surface area (Å²) in [6, 6.07) is -0.293. The van der Waals surface area contributed by atoms with Gasteiger partial charge in [-0.2, -0.15) is 0 Å². The number of piperidine rings is 1. The highest BCUT2D eigenvalue weighted by atomic mass is 16.3. The molecule has 66 valence electrons. The zero-order chi connectivity index (χ0) is 8.43. The van der Waals surface area contributed by atoms with Crippen molar-refractivity contribution in [2.45, 2.75) is 37.7 Å². The van der Waals surface area contributed by atoms with Crippen molar-refractivity contribution < 1.29 is 15.3 Å². The van der Waals surface area contributed by atoms with Gasteiger partial charge in [0.2, 0.25) is 0 Å². The largest absolute Gasteiger partial charge is 0.392 e. The molecule has 0 aromatic carbocycles. The molecule has 1 aliphatic rings. The Labute approximate surface area is 65.9 Å². The molecule has 0 aliphatic carbocycles. The molecule has 4 nitrogen and oxygen atoms in total. The zero-order valence-electron chi connectivity index (χ0n) is 6.57. The Morgan fingerprint density at radius 2 is 2.09 bits per heavy atom. The number of hydrogen-bond acceptors (Lipinski definition) is 4. The van der Waals surface area contributed by atoms with Crippen LogP contribution in [0.15, 0.2) is 0 Å². The first-order valence-corrected chi connectivity index (χ1v) is 3.89. The molecule has 1 fully saturated rings. The molecule has 11 heavy (non-hydrogen) atoms. The summed E-state index contributed by atoms with van der Waals surface area (Å²) >= 11 is 0. The van der Waals surface area contributed by atoms with Crippen molar-refractivity contribution in [2.75, 3.05) is 6.54 Å². The van der Waals surface area contributed by atoms with Gasteiger partial charge >= 0.3 is 0 Å². The quantitative estimate of drug-likeness (QED) is 0.376. The Hall–Kier alpha value is -0.160. The lowest BCUT2D eigenvalue weighted by Crippen LogP contribution is -2.55. The molecule has 0 bridgehead atoms. The van der Waals surface area contributed by atoms with Crippen LogP contribution in [0.4, 0.5) is 0 Å². The van der Waals surface area contributed by atoms with E-state index in [0.29, 0.717) is 13.0 Å². The summed E-state index contributed by atoms with van der Waals surface area (Å²) in [5.74, 6) is 0. The van der Waals surface area contributed by atoms with Crippen LogP contribution in [0.5, 0.6) is 0 Å². The van der Waals surface area contributed by atoms with E-state index < -0.39 is 18.3 Å². The second-order valence-corrected chi connectivity index (χ2v) is 3.13. The Balaban J connectivity index is 2.44. The lowest BCUT2D eigenvalue weighted by atomic mass is 9.96. The Kier molecular flexibility index (Phi) is 2.84. The van der Waals surface area contributed by atoms with Gasteiger partial charge in [0.15, 0.2) is 0 Å². The maximum Gasteiger partial charge on any atom is 0.0743 e. The molecule has 0 radical (unpaired) electrons. The fourth-order valence-corrected chi connectivity index (χ4v) is 1.41. The van der Waals surface area contributed by atoms with Crippen LogP contribution >= 0.6 is 0 Å². The third-order valence-electron chi connectivity index (χ3n) is 2.04. The molecule has 1 heterocycles. The smallest absolute Gasteiger partial charge is 0.0743 e. The maximum absolute atomic E-state index is 9.33. The van der Waals surface area contributed by atoms with Crippen LogP contribution in [0.1, 0.15) is 13.3 Å². The summed E-state index contributed by atoms with van der Waals surface area (Å²) in [5, 5.41) is 30.4. The van der Waals surface area contributed by atoms with Gasteiger partial charge in [-0.15, -0.1) is 0 Å². The molecular weight excluding hydrogens is 146 g/mol. The molecule has 1 aliphatic heterocycles. The maximum atomic E-state index is 9.33. The van der Waals surface area contributed by atoms with Crippen LogP contribution in [0.2, 0.25) is 0 Å². The fourth-order valence-electron chi connectivity index (χ4n) is 1.41. The number of β-amino-alcohol motifs (C(OH)–C–C–N with tert-alkyl or cyclic N) is 1. The first-order valence-electron chi connectivity index (χ1n) is 3.89. The molecular formula is C7H15NO3. The summed E-state index contributed by atoms with van der Waals surface area (Å²) in [6.07, 6.45) is -1.35. The minimum absolute atomic E-state index is 0.293. The van der Waals surface area contributed by atoms with Crippen molar-refractivity contribution >= 4 is 0 Å². The minimum Gasteiger partial charge on any atom is -0.392 e. The number of rotatable bonds is 1. The highest BCUT2D eigenvalue weighted by Crippen LogP contribution is 2.11. The van der Waals surface area contributed by atoms with Gasteiger partial charge in [0, 0.05) is 13.0 Å². The Bertz CT molecular complexity index is 129. The minimum atomic E-state index is -0.640. The first-order chi connectivity index (χ1) is 5.11. The van der Waals surface area contributed by atoms with Crippen molar-refractivity contribution in [3.05, 3.63) is 0 Å². The van der Waals surface area contributed by atoms with Crippen molar-refractivity contribution in [3.8, 4) is 0 Å². The topological polar surface area (TPSA) is 72.7 Å². The predicted molar refractivity (Wildman–Crippen MR) is 40.1 cm³/mol. The lowest BCUT2D eigenvalue weighted by Gasteiger charge is -2.33. The molecule has 0 aromatic heterocycles. The van der Waals surface area contributed by atoms with Gasteiger partial charge in [0.25, 0.3) is 0 Å². The van der Waals surface area contributed by atoms with E-state index in [0.717, 1.165) is 0 Å². The predicted octanol–water partition coefficient (Wildman–Crippen LogP) is -1.55. The van der Waals surface area contributed by atoms with Crippen LogP contribution in [-0.4, -0.2) is 46.2 Å². The van der Waals surface area contributed by atoms with Gasteiger partial charge in [-0.3, -0.25) is 0 Å². The Morgan fingerprint density at radius 3 is 2.55 bits per heavy atom. The average molecular weight is 161 g/mol. The normalized spacial score (nSPS) is 42.0. The molecule has 4 heteroatoms. The van der Waals surface area contributed by atoms with E-state index >= 15 is 0 Å². The molecule has 4 N–H and O–H groups in total. The van der Waals surface area contributed by atoms with Gasteiger partial charge < -0.3 is 20.6 Å². The van der Waals surface area contributed by atoms with E-state index in [9.17, 15) is 5.11 Å². The summed E-state index contributed by atoms with van der Waals surface area (Å²) in [5.41, 5.74) is 0. The van der Waals surface area contributed by atoms with Gasteiger partial charge in [0.05, 0.1) is 24.4 Å². The monoisotopic (exact) mass is 161 g/mol. The number of nitrogens with one attached hydrogen (secondary N) is 1. The third kappa shape index (κ3) is 2.13. The van der Waals surface area contributed by atoms with Crippen LogP contribution < -0.4 is 5.32 Å². The zero-order valence-corrected chi connectivity index (χ0v) is 6.57. The van der Waals surface area contributed by atoms with Crippen molar-refractivity contribution in [1.29, 1.82) is 0 Å². The number of hydrogen-bond donors (Lipinski definition) is 4. The number of aliphatic hydroxyl groups is 3. The summed E-state index contributed by atoms with van der Waals surface area (Å²) in [6.45, 7) is 2.07. The molecule has 4 atom stereocenters. The van der Waals surface area contributed by atoms with Crippen LogP contribution in [-0.2, 0) is 0 Å². The molecule has 1 saturated heterocycles. The first kappa shape index (κ1) is 8.93. The van der Waals surface area contributed by atoms with Crippen molar-refractivity contribution in [2.24, 2.45) is 0 Å². The van der Waals surface area contributed by atoms with Crippen molar-refractivity contribution in [1.82, 2.24) is 5.32 Å². The molecule has 0 spiro atoms. The summed E-state index contributed by atoms with van der Waals surface area (Å²) in [7, 11) is 0. The lowest BCUT2D eigenvalue weighted by molar-refractivity contribution is -0.0164. The Morgan fingerprint density at radius 1 is 1.45 bits per heavy atom. The summed E-state index contributed by atoms with van der Waals surface area (Å²) in [4.78, 5) is 0. The van der Waals surface area contributed by atoms with Gasteiger partial charge in [-0.25, -0.2) is 0 Å². The van der Waals surface area contributed by atoms with Gasteiger partial charge in [0.1, 0.15) is 0 Å². The highest BCUT2D eigenvalue weighted by Gasteiger charge is 2.30. The van der Waals surface area contributed by atoms with Gasteiger partial charge in [-0.05, 0) is 6.92 Å². The molecule has 0 saturated carbocycles. The van der Waals surface area contributed by atoms with E-state index in [2.05, 4.69) is 5.32 Å². The van der Waals surface area contributed by atoms with Gasteiger partial charge in [-0.1, -0.05) is 0 Å². The summed E-state index contributed by atoms with van der Waals surface area (Å²) < 4.78 is 0. The number of aliphatic hydroxyl groups excluding tert-OH is 3. The average Bonchev–Trinajstić information content (AvgIpc) is 1.85.